The molecule has 0 saturated heterocycles. The van der Waals surface area contributed by atoms with Crippen LogP contribution in [-0.4, -0.2) is 26.3 Å². The quantitative estimate of drug-likeness (QED) is 0.933. The van der Waals surface area contributed by atoms with Gasteiger partial charge in [-0.25, -0.2) is 14.6 Å². The van der Waals surface area contributed by atoms with E-state index in [9.17, 15) is 0 Å². The number of halogens is 1. The lowest BCUT2D eigenvalue weighted by molar-refractivity contribution is 0.801. The summed E-state index contributed by atoms with van der Waals surface area (Å²) < 4.78 is 1.71. The van der Waals surface area contributed by atoms with Gasteiger partial charge < -0.3 is 5.32 Å². The molecule has 0 radical (unpaired) electrons. The average Bonchev–Trinajstić information content (AvgIpc) is 3.17. The van der Waals surface area contributed by atoms with E-state index in [1.54, 1.807) is 10.9 Å². The van der Waals surface area contributed by atoms with Gasteiger partial charge in [0.2, 0.25) is 0 Å². The Labute approximate surface area is 117 Å². The SMILES string of the molecule is CCNc1cc(-n2cc(Cl)c(C)n2)nc(C2CC2)n1. The van der Waals surface area contributed by atoms with Crippen LogP contribution in [0.5, 0.6) is 0 Å². The van der Waals surface area contributed by atoms with Crippen molar-refractivity contribution in [3.05, 3.63) is 28.8 Å². The highest BCUT2D eigenvalue weighted by Crippen LogP contribution is 2.38. The van der Waals surface area contributed by atoms with Crippen molar-refractivity contribution in [1.82, 2.24) is 19.7 Å². The van der Waals surface area contributed by atoms with Gasteiger partial charge in [-0.3, -0.25) is 0 Å². The van der Waals surface area contributed by atoms with Gasteiger partial charge in [0.05, 0.1) is 16.9 Å². The van der Waals surface area contributed by atoms with Crippen LogP contribution in [0.3, 0.4) is 0 Å². The van der Waals surface area contributed by atoms with Crippen LogP contribution in [0.25, 0.3) is 5.82 Å². The van der Waals surface area contributed by atoms with Crippen molar-refractivity contribution in [3.8, 4) is 5.82 Å². The van der Waals surface area contributed by atoms with Crippen molar-refractivity contribution in [3.63, 3.8) is 0 Å². The molecule has 0 aromatic carbocycles. The van der Waals surface area contributed by atoms with Crippen molar-refractivity contribution < 1.29 is 0 Å². The van der Waals surface area contributed by atoms with E-state index in [2.05, 4.69) is 20.4 Å². The highest BCUT2D eigenvalue weighted by molar-refractivity contribution is 6.31. The number of hydrogen-bond donors (Lipinski definition) is 1. The molecule has 1 N–H and O–H groups in total. The van der Waals surface area contributed by atoms with Crippen LogP contribution >= 0.6 is 11.6 Å². The molecule has 19 heavy (non-hydrogen) atoms. The van der Waals surface area contributed by atoms with Crippen LogP contribution in [-0.2, 0) is 0 Å². The predicted molar refractivity (Wildman–Crippen MR) is 75.0 cm³/mol. The fourth-order valence-electron chi connectivity index (χ4n) is 1.92. The first-order chi connectivity index (χ1) is 9.17. The Hall–Kier alpha value is -1.62. The molecule has 6 heteroatoms. The van der Waals surface area contributed by atoms with E-state index in [0.717, 1.165) is 29.7 Å². The zero-order chi connectivity index (χ0) is 13.4. The Kier molecular flexibility index (Phi) is 3.14. The van der Waals surface area contributed by atoms with Crippen LogP contribution < -0.4 is 5.32 Å². The van der Waals surface area contributed by atoms with Crippen molar-refractivity contribution in [2.75, 3.05) is 11.9 Å². The molecular weight excluding hydrogens is 262 g/mol. The summed E-state index contributed by atoms with van der Waals surface area (Å²) in [5.74, 6) is 3.02. The van der Waals surface area contributed by atoms with E-state index >= 15 is 0 Å². The van der Waals surface area contributed by atoms with E-state index in [4.69, 9.17) is 11.6 Å². The third-order valence-corrected chi connectivity index (χ3v) is 3.48. The molecule has 0 amide bonds. The van der Waals surface area contributed by atoms with Crippen molar-refractivity contribution in [2.24, 2.45) is 0 Å². The molecular formula is C13H16ClN5. The van der Waals surface area contributed by atoms with Crippen molar-refractivity contribution in [1.29, 1.82) is 0 Å². The van der Waals surface area contributed by atoms with Gasteiger partial charge >= 0.3 is 0 Å². The summed E-state index contributed by atoms with van der Waals surface area (Å²) in [4.78, 5) is 9.14. The second-order valence-electron chi connectivity index (χ2n) is 4.78. The molecule has 0 aliphatic heterocycles. The Morgan fingerprint density at radius 2 is 2.21 bits per heavy atom. The minimum atomic E-state index is 0.504. The lowest BCUT2D eigenvalue weighted by Crippen LogP contribution is -2.07. The summed E-state index contributed by atoms with van der Waals surface area (Å²) in [5, 5.41) is 8.26. The molecule has 100 valence electrons. The molecule has 1 aliphatic rings. The topological polar surface area (TPSA) is 55.6 Å². The summed E-state index contributed by atoms with van der Waals surface area (Å²) in [6, 6.07) is 1.90. The normalized spacial score (nSPS) is 14.7. The van der Waals surface area contributed by atoms with E-state index < -0.39 is 0 Å². The maximum Gasteiger partial charge on any atom is 0.159 e. The lowest BCUT2D eigenvalue weighted by Gasteiger charge is -2.08. The molecule has 2 aromatic heterocycles. The molecule has 1 saturated carbocycles. The lowest BCUT2D eigenvalue weighted by atomic mass is 10.3. The third kappa shape index (κ3) is 2.56. The monoisotopic (exact) mass is 277 g/mol. The Morgan fingerprint density at radius 1 is 1.42 bits per heavy atom. The highest BCUT2D eigenvalue weighted by Gasteiger charge is 2.27. The van der Waals surface area contributed by atoms with E-state index in [1.165, 1.54) is 12.8 Å². The molecule has 2 aromatic rings. The van der Waals surface area contributed by atoms with E-state index in [-0.39, 0.29) is 0 Å². The molecule has 3 rings (SSSR count). The first kappa shape index (κ1) is 12.4. The average molecular weight is 278 g/mol. The smallest absolute Gasteiger partial charge is 0.159 e. The number of nitrogens with one attached hydrogen (secondary N) is 1. The predicted octanol–water partition coefficient (Wildman–Crippen LogP) is 2.93. The Bertz CT molecular complexity index is 584. The highest BCUT2D eigenvalue weighted by atomic mass is 35.5. The largest absolute Gasteiger partial charge is 0.370 e. The minimum Gasteiger partial charge on any atom is -0.370 e. The maximum atomic E-state index is 6.05. The first-order valence-corrected chi connectivity index (χ1v) is 6.90. The van der Waals surface area contributed by atoms with Crippen LogP contribution in [0.4, 0.5) is 5.82 Å². The first-order valence-electron chi connectivity index (χ1n) is 6.52. The molecule has 1 aliphatic carbocycles. The Balaban J connectivity index is 2.03. The number of anilines is 1. The fraction of sp³-hybridized carbons (Fsp3) is 0.462. The number of nitrogens with zero attached hydrogens (tertiary/aromatic N) is 4. The molecule has 0 unspecified atom stereocenters. The number of aryl methyl sites for hydroxylation is 1. The van der Waals surface area contributed by atoms with Crippen LogP contribution in [0.15, 0.2) is 12.3 Å². The summed E-state index contributed by atoms with van der Waals surface area (Å²) in [6.07, 6.45) is 4.13. The summed E-state index contributed by atoms with van der Waals surface area (Å²) >= 11 is 6.05. The number of hydrogen-bond acceptors (Lipinski definition) is 4. The maximum absolute atomic E-state index is 6.05. The zero-order valence-electron chi connectivity index (χ0n) is 11.0. The van der Waals surface area contributed by atoms with E-state index in [1.807, 2.05) is 19.9 Å². The second-order valence-corrected chi connectivity index (χ2v) is 5.19. The standard InChI is InChI=1S/C13H16ClN5/c1-3-15-11-6-12(17-13(16-11)9-4-5-9)19-7-10(14)8(2)18-19/h6-7,9H,3-5H2,1-2H3,(H,15,16,17). The summed E-state index contributed by atoms with van der Waals surface area (Å²) in [5.41, 5.74) is 0.804. The summed E-state index contributed by atoms with van der Waals surface area (Å²) in [7, 11) is 0. The number of aromatic nitrogens is 4. The molecule has 5 nitrogen and oxygen atoms in total. The van der Waals surface area contributed by atoms with Gasteiger partial charge in [0.1, 0.15) is 11.6 Å². The van der Waals surface area contributed by atoms with Gasteiger partial charge in [0.15, 0.2) is 5.82 Å². The van der Waals surface area contributed by atoms with E-state index in [0.29, 0.717) is 10.9 Å². The zero-order valence-corrected chi connectivity index (χ0v) is 11.8. The molecule has 0 spiro atoms. The van der Waals surface area contributed by atoms with Crippen LogP contribution in [0, 0.1) is 6.92 Å². The van der Waals surface area contributed by atoms with Crippen LogP contribution in [0.2, 0.25) is 5.02 Å². The minimum absolute atomic E-state index is 0.504. The molecule has 0 atom stereocenters. The molecule has 1 fully saturated rings. The van der Waals surface area contributed by atoms with Gasteiger partial charge in [-0.2, -0.15) is 5.10 Å². The summed E-state index contributed by atoms with van der Waals surface area (Å²) in [6.45, 7) is 4.76. The van der Waals surface area contributed by atoms with Gasteiger partial charge in [-0.15, -0.1) is 0 Å². The second kappa shape index (κ2) is 4.81. The fourth-order valence-corrected chi connectivity index (χ4v) is 2.05. The molecule has 2 heterocycles. The van der Waals surface area contributed by atoms with Crippen molar-refractivity contribution >= 4 is 17.4 Å². The third-order valence-electron chi connectivity index (χ3n) is 3.10. The molecule has 0 bridgehead atoms. The van der Waals surface area contributed by atoms with Gasteiger partial charge in [0, 0.05) is 18.5 Å². The van der Waals surface area contributed by atoms with Gasteiger partial charge in [0.25, 0.3) is 0 Å². The van der Waals surface area contributed by atoms with Crippen molar-refractivity contribution in [2.45, 2.75) is 32.6 Å². The number of rotatable bonds is 4. The Morgan fingerprint density at radius 3 is 2.79 bits per heavy atom. The van der Waals surface area contributed by atoms with Gasteiger partial charge in [-0.05, 0) is 26.7 Å². The van der Waals surface area contributed by atoms with Crippen LogP contribution in [0.1, 0.15) is 37.2 Å². The van der Waals surface area contributed by atoms with Gasteiger partial charge in [-0.1, -0.05) is 11.6 Å².